The number of nitrogens with zero attached hydrogens (tertiary/aromatic N) is 2. The molecule has 0 amide bonds. The molecule has 1 fully saturated rings. The number of nitrogens with one attached hydrogen (secondary N) is 3. The van der Waals surface area contributed by atoms with Crippen molar-refractivity contribution in [1.29, 1.82) is 5.41 Å². The van der Waals surface area contributed by atoms with Gasteiger partial charge >= 0.3 is 0 Å². The number of rotatable bonds is 6. The first kappa shape index (κ1) is 21.6. The van der Waals surface area contributed by atoms with Gasteiger partial charge in [-0.25, -0.2) is 4.98 Å². The van der Waals surface area contributed by atoms with Crippen molar-refractivity contribution in [1.82, 2.24) is 15.2 Å². The van der Waals surface area contributed by atoms with E-state index in [0.29, 0.717) is 5.92 Å². The van der Waals surface area contributed by atoms with Crippen LogP contribution < -0.4 is 10.6 Å². The van der Waals surface area contributed by atoms with Gasteiger partial charge in [0.25, 0.3) is 0 Å². The fourth-order valence-corrected chi connectivity index (χ4v) is 4.38. The number of aromatic nitrogens is 1. The van der Waals surface area contributed by atoms with Crippen LogP contribution in [-0.2, 0) is 6.42 Å². The topological polar surface area (TPSA) is 64.0 Å². The highest BCUT2D eigenvalue weighted by Crippen LogP contribution is 2.31. The lowest BCUT2D eigenvalue weighted by Crippen LogP contribution is -2.30. The van der Waals surface area contributed by atoms with Crippen LogP contribution in [0.3, 0.4) is 0 Å². The van der Waals surface area contributed by atoms with Gasteiger partial charge in [-0.1, -0.05) is 5.57 Å². The fraction of sp³-hybridized carbons (Fsp3) is 0.583. The zero-order valence-electron chi connectivity index (χ0n) is 18.7. The first-order valence-corrected chi connectivity index (χ1v) is 11.0. The summed E-state index contributed by atoms with van der Waals surface area (Å²) >= 11 is 0. The van der Waals surface area contributed by atoms with Gasteiger partial charge in [0.2, 0.25) is 0 Å². The molecule has 3 rings (SSSR count). The van der Waals surface area contributed by atoms with Gasteiger partial charge in [0.1, 0.15) is 5.82 Å². The molecule has 2 aliphatic rings. The molecule has 1 aromatic rings. The van der Waals surface area contributed by atoms with Crippen molar-refractivity contribution >= 4 is 12.0 Å². The molecule has 3 heterocycles. The van der Waals surface area contributed by atoms with Crippen LogP contribution in [0.15, 0.2) is 29.0 Å². The summed E-state index contributed by atoms with van der Waals surface area (Å²) in [6.45, 7) is 11.8. The Morgan fingerprint density at radius 2 is 2.03 bits per heavy atom. The van der Waals surface area contributed by atoms with Crippen molar-refractivity contribution in [2.45, 2.75) is 65.3 Å². The molecule has 1 saturated heterocycles. The summed E-state index contributed by atoms with van der Waals surface area (Å²) in [4.78, 5) is 7.42. The summed E-state index contributed by atoms with van der Waals surface area (Å²) < 4.78 is 0. The van der Waals surface area contributed by atoms with Crippen molar-refractivity contribution in [3.8, 4) is 0 Å². The van der Waals surface area contributed by atoms with E-state index in [1.807, 2.05) is 0 Å². The van der Waals surface area contributed by atoms with Crippen LogP contribution in [0.4, 0.5) is 5.82 Å². The van der Waals surface area contributed by atoms with Gasteiger partial charge in [0, 0.05) is 41.7 Å². The number of hydrogen-bond donors (Lipinski definition) is 3. The molecule has 158 valence electrons. The van der Waals surface area contributed by atoms with E-state index < -0.39 is 0 Å². The predicted octanol–water partition coefficient (Wildman–Crippen LogP) is 4.46. The molecule has 0 spiro atoms. The molecule has 0 saturated carbocycles. The molecule has 0 aromatic carbocycles. The quantitative estimate of drug-likeness (QED) is 0.622. The average Bonchev–Trinajstić information content (AvgIpc) is 2.82. The Hall–Kier alpha value is -2.14. The van der Waals surface area contributed by atoms with Crippen LogP contribution in [0.25, 0.3) is 0 Å². The minimum atomic E-state index is 0.287. The van der Waals surface area contributed by atoms with Gasteiger partial charge in [-0.2, -0.15) is 0 Å². The average molecular weight is 396 g/mol. The standard InChI is InChI=1S/C24H37N5/c1-16(2)27-24-22(15-25)21(13-20-6-9-26-18(4)12-17(20)3)14-23(28-24)19-7-10-29(5)11-8-19/h12,14-16,19,25-26H,6-11,13H2,1-5H3,(H,27,28). The minimum absolute atomic E-state index is 0.287. The van der Waals surface area contributed by atoms with E-state index in [4.69, 9.17) is 10.4 Å². The SMILES string of the molecule is CC1=CC(C)=C(Cc2cc(C3CCN(C)CC3)nc(NC(C)C)c2C=N)CCN1. The lowest BCUT2D eigenvalue weighted by molar-refractivity contribution is 0.253. The third-order valence-corrected chi connectivity index (χ3v) is 6.10. The zero-order chi connectivity index (χ0) is 21.0. The van der Waals surface area contributed by atoms with E-state index in [0.717, 1.165) is 56.7 Å². The maximum absolute atomic E-state index is 8.10. The highest BCUT2D eigenvalue weighted by Gasteiger charge is 2.23. The highest BCUT2D eigenvalue weighted by molar-refractivity contribution is 5.86. The number of allylic oxidation sites excluding steroid dienone is 3. The maximum Gasteiger partial charge on any atom is 0.135 e. The van der Waals surface area contributed by atoms with Gasteiger partial charge < -0.3 is 20.9 Å². The molecule has 0 unspecified atom stereocenters. The summed E-state index contributed by atoms with van der Waals surface area (Å²) in [5.74, 6) is 1.38. The zero-order valence-corrected chi connectivity index (χ0v) is 18.7. The molecule has 0 bridgehead atoms. The van der Waals surface area contributed by atoms with Crippen molar-refractivity contribution in [3.05, 3.63) is 45.8 Å². The Labute approximate surface area is 176 Å². The number of anilines is 1. The van der Waals surface area contributed by atoms with Crippen LogP contribution in [0.1, 0.15) is 69.7 Å². The first-order chi connectivity index (χ1) is 13.9. The third kappa shape index (κ3) is 5.47. The molecule has 2 aliphatic heterocycles. The van der Waals surface area contributed by atoms with Gasteiger partial charge in [-0.3, -0.25) is 0 Å². The van der Waals surface area contributed by atoms with E-state index in [9.17, 15) is 0 Å². The molecular formula is C24H37N5. The third-order valence-electron chi connectivity index (χ3n) is 6.10. The van der Waals surface area contributed by atoms with E-state index in [1.54, 1.807) is 0 Å². The Bertz CT molecular complexity index is 798. The van der Waals surface area contributed by atoms with Crippen LogP contribution in [-0.4, -0.2) is 48.8 Å². The molecule has 5 heteroatoms. The second-order valence-corrected chi connectivity index (χ2v) is 8.96. The molecule has 0 atom stereocenters. The second kappa shape index (κ2) is 9.57. The van der Waals surface area contributed by atoms with Crippen LogP contribution in [0.2, 0.25) is 0 Å². The van der Waals surface area contributed by atoms with E-state index >= 15 is 0 Å². The maximum atomic E-state index is 8.10. The summed E-state index contributed by atoms with van der Waals surface area (Å²) in [6, 6.07) is 2.58. The van der Waals surface area contributed by atoms with E-state index in [2.05, 4.69) is 62.4 Å². The molecule has 1 aromatic heterocycles. The van der Waals surface area contributed by atoms with Gasteiger partial charge in [0.15, 0.2) is 0 Å². The van der Waals surface area contributed by atoms with Gasteiger partial charge in [0.05, 0.1) is 0 Å². The highest BCUT2D eigenvalue weighted by atomic mass is 15.1. The van der Waals surface area contributed by atoms with E-state index in [1.165, 1.54) is 34.3 Å². The fourth-order valence-electron chi connectivity index (χ4n) is 4.38. The number of piperidine rings is 1. The predicted molar refractivity (Wildman–Crippen MR) is 123 cm³/mol. The van der Waals surface area contributed by atoms with E-state index in [-0.39, 0.29) is 6.04 Å². The van der Waals surface area contributed by atoms with Crippen molar-refractivity contribution < 1.29 is 0 Å². The van der Waals surface area contributed by atoms with Crippen molar-refractivity contribution in [3.63, 3.8) is 0 Å². The second-order valence-electron chi connectivity index (χ2n) is 8.96. The smallest absolute Gasteiger partial charge is 0.135 e. The summed E-state index contributed by atoms with van der Waals surface area (Å²) in [6.07, 6.45) is 7.96. The van der Waals surface area contributed by atoms with Crippen LogP contribution in [0.5, 0.6) is 0 Å². The lowest BCUT2D eigenvalue weighted by Gasteiger charge is -2.29. The Morgan fingerprint density at radius 3 is 2.69 bits per heavy atom. The monoisotopic (exact) mass is 395 g/mol. The van der Waals surface area contributed by atoms with Gasteiger partial charge in [-0.15, -0.1) is 0 Å². The molecule has 0 radical (unpaired) electrons. The van der Waals surface area contributed by atoms with Crippen LogP contribution in [0, 0.1) is 5.41 Å². The molecular weight excluding hydrogens is 358 g/mol. The Balaban J connectivity index is 2.00. The normalized spacial score (nSPS) is 19.0. The van der Waals surface area contributed by atoms with Crippen molar-refractivity contribution in [2.24, 2.45) is 0 Å². The Morgan fingerprint density at radius 1 is 1.31 bits per heavy atom. The lowest BCUT2D eigenvalue weighted by atomic mass is 9.89. The molecule has 5 nitrogen and oxygen atoms in total. The summed E-state index contributed by atoms with van der Waals surface area (Å²) in [7, 11) is 2.20. The van der Waals surface area contributed by atoms with Crippen molar-refractivity contribution in [2.75, 3.05) is 32.0 Å². The summed E-state index contributed by atoms with van der Waals surface area (Å²) in [5, 5.41) is 15.1. The summed E-state index contributed by atoms with van der Waals surface area (Å²) in [5.41, 5.74) is 7.39. The first-order valence-electron chi connectivity index (χ1n) is 11.0. The molecule has 0 aliphatic carbocycles. The molecule has 3 N–H and O–H groups in total. The largest absolute Gasteiger partial charge is 0.388 e. The van der Waals surface area contributed by atoms with Gasteiger partial charge in [-0.05, 0) is 96.8 Å². The van der Waals surface area contributed by atoms with Crippen LogP contribution >= 0.6 is 0 Å². The number of pyridine rings is 1. The Kier molecular flexibility index (Phi) is 7.12. The molecule has 29 heavy (non-hydrogen) atoms. The number of likely N-dealkylation sites (tertiary alicyclic amines) is 1. The minimum Gasteiger partial charge on any atom is -0.388 e. The number of hydrogen-bond acceptors (Lipinski definition) is 5.